The SMILES string of the molecule is CC(=O)[C@@H](O)[C@@H]1CCC[C@H](N)C1. The molecule has 1 aliphatic rings. The fourth-order valence-corrected chi connectivity index (χ4v) is 1.89. The Hall–Kier alpha value is -0.410. The van der Waals surface area contributed by atoms with E-state index in [1.807, 2.05) is 0 Å². The molecule has 1 rings (SSSR count). The van der Waals surface area contributed by atoms with Gasteiger partial charge in [0.2, 0.25) is 0 Å². The Morgan fingerprint density at radius 2 is 2.25 bits per heavy atom. The highest BCUT2D eigenvalue weighted by molar-refractivity contribution is 5.80. The van der Waals surface area contributed by atoms with Gasteiger partial charge in [-0.3, -0.25) is 4.79 Å². The number of aliphatic hydroxyl groups is 1. The third-order valence-corrected chi connectivity index (χ3v) is 2.62. The number of carbonyl (C=O) groups excluding carboxylic acids is 1. The molecule has 0 spiro atoms. The average Bonchev–Trinajstić information content (AvgIpc) is 2.03. The standard InChI is InChI=1S/C9H17NO2/c1-6(11)9(12)7-3-2-4-8(10)5-7/h7-9,12H,2-5,10H2,1H3/t7-,8+,9-/m1/s1. The molecule has 0 aromatic heterocycles. The number of rotatable bonds is 2. The van der Waals surface area contributed by atoms with E-state index in [0.29, 0.717) is 0 Å². The molecule has 0 amide bonds. The molecule has 0 saturated heterocycles. The summed E-state index contributed by atoms with van der Waals surface area (Å²) in [6.45, 7) is 1.44. The quantitative estimate of drug-likeness (QED) is 0.634. The lowest BCUT2D eigenvalue weighted by Crippen LogP contribution is -2.36. The molecule has 1 saturated carbocycles. The van der Waals surface area contributed by atoms with Crippen molar-refractivity contribution in [3.63, 3.8) is 0 Å². The van der Waals surface area contributed by atoms with Crippen molar-refractivity contribution in [3.05, 3.63) is 0 Å². The van der Waals surface area contributed by atoms with Crippen LogP contribution in [0.2, 0.25) is 0 Å². The van der Waals surface area contributed by atoms with Crippen LogP contribution in [0, 0.1) is 5.92 Å². The fraction of sp³-hybridized carbons (Fsp3) is 0.889. The normalized spacial score (nSPS) is 32.9. The summed E-state index contributed by atoms with van der Waals surface area (Å²) in [6.07, 6.45) is 3.02. The maximum atomic E-state index is 10.9. The zero-order valence-electron chi connectivity index (χ0n) is 7.49. The molecule has 3 heteroatoms. The number of aliphatic hydroxyl groups excluding tert-OH is 1. The third-order valence-electron chi connectivity index (χ3n) is 2.62. The number of hydrogen-bond acceptors (Lipinski definition) is 3. The highest BCUT2D eigenvalue weighted by Gasteiger charge is 2.27. The van der Waals surface area contributed by atoms with Gasteiger partial charge in [-0.1, -0.05) is 6.42 Å². The van der Waals surface area contributed by atoms with Crippen molar-refractivity contribution in [1.29, 1.82) is 0 Å². The van der Waals surface area contributed by atoms with Crippen molar-refractivity contribution in [2.45, 2.75) is 44.8 Å². The Morgan fingerprint density at radius 3 is 2.75 bits per heavy atom. The molecule has 12 heavy (non-hydrogen) atoms. The van der Waals surface area contributed by atoms with E-state index in [1.165, 1.54) is 6.92 Å². The Morgan fingerprint density at radius 1 is 1.58 bits per heavy atom. The summed E-state index contributed by atoms with van der Waals surface area (Å²) in [7, 11) is 0. The minimum absolute atomic E-state index is 0.103. The van der Waals surface area contributed by atoms with E-state index < -0.39 is 6.10 Å². The van der Waals surface area contributed by atoms with Gasteiger partial charge in [0.1, 0.15) is 6.10 Å². The van der Waals surface area contributed by atoms with E-state index in [-0.39, 0.29) is 17.7 Å². The predicted molar refractivity (Wildman–Crippen MR) is 46.6 cm³/mol. The van der Waals surface area contributed by atoms with E-state index in [0.717, 1.165) is 25.7 Å². The molecule has 0 aliphatic heterocycles. The lowest BCUT2D eigenvalue weighted by molar-refractivity contribution is -0.128. The minimum Gasteiger partial charge on any atom is -0.385 e. The molecule has 1 fully saturated rings. The zero-order chi connectivity index (χ0) is 9.14. The number of nitrogens with two attached hydrogens (primary N) is 1. The second-order valence-electron chi connectivity index (χ2n) is 3.74. The van der Waals surface area contributed by atoms with Gasteiger partial charge < -0.3 is 10.8 Å². The molecule has 0 bridgehead atoms. The van der Waals surface area contributed by atoms with Crippen LogP contribution in [-0.2, 0) is 4.79 Å². The molecule has 1 aliphatic carbocycles. The van der Waals surface area contributed by atoms with Gasteiger partial charge in [-0.15, -0.1) is 0 Å². The Labute approximate surface area is 72.9 Å². The summed E-state index contributed by atoms with van der Waals surface area (Å²) in [5.41, 5.74) is 5.74. The second-order valence-corrected chi connectivity index (χ2v) is 3.74. The van der Waals surface area contributed by atoms with Crippen LogP contribution in [0.1, 0.15) is 32.6 Å². The van der Waals surface area contributed by atoms with Crippen LogP contribution in [0.4, 0.5) is 0 Å². The largest absolute Gasteiger partial charge is 0.385 e. The Balaban J connectivity index is 2.45. The van der Waals surface area contributed by atoms with E-state index in [1.54, 1.807) is 0 Å². The van der Waals surface area contributed by atoms with Gasteiger partial charge in [0.05, 0.1) is 0 Å². The number of Topliss-reactive ketones (excluding diaryl/α,β-unsaturated/α-hetero) is 1. The highest BCUT2D eigenvalue weighted by Crippen LogP contribution is 2.26. The molecule has 0 radical (unpaired) electrons. The highest BCUT2D eigenvalue weighted by atomic mass is 16.3. The van der Waals surface area contributed by atoms with Gasteiger partial charge in [0.15, 0.2) is 5.78 Å². The minimum atomic E-state index is -0.781. The first-order chi connectivity index (χ1) is 5.61. The van der Waals surface area contributed by atoms with Gasteiger partial charge >= 0.3 is 0 Å². The summed E-state index contributed by atoms with van der Waals surface area (Å²) < 4.78 is 0. The first-order valence-corrected chi connectivity index (χ1v) is 4.55. The number of carbonyl (C=O) groups is 1. The molecule has 3 N–H and O–H groups in total. The van der Waals surface area contributed by atoms with E-state index in [2.05, 4.69) is 0 Å². The molecular formula is C9H17NO2. The van der Waals surface area contributed by atoms with Gasteiger partial charge in [-0.2, -0.15) is 0 Å². The first-order valence-electron chi connectivity index (χ1n) is 4.55. The van der Waals surface area contributed by atoms with Crippen molar-refractivity contribution < 1.29 is 9.90 Å². The van der Waals surface area contributed by atoms with E-state index >= 15 is 0 Å². The van der Waals surface area contributed by atoms with Crippen LogP contribution in [0.3, 0.4) is 0 Å². The van der Waals surface area contributed by atoms with Gasteiger partial charge in [0, 0.05) is 6.04 Å². The lowest BCUT2D eigenvalue weighted by Gasteiger charge is -2.28. The van der Waals surface area contributed by atoms with Crippen molar-refractivity contribution in [2.24, 2.45) is 11.7 Å². The fourth-order valence-electron chi connectivity index (χ4n) is 1.89. The maximum absolute atomic E-state index is 10.9. The predicted octanol–water partition coefficient (Wildman–Crippen LogP) is 0.454. The van der Waals surface area contributed by atoms with Crippen LogP contribution in [0.25, 0.3) is 0 Å². The molecule has 0 unspecified atom stereocenters. The summed E-state index contributed by atoms with van der Waals surface area (Å²) >= 11 is 0. The van der Waals surface area contributed by atoms with Crippen molar-refractivity contribution in [3.8, 4) is 0 Å². The summed E-state index contributed by atoms with van der Waals surface area (Å²) in [5, 5.41) is 9.46. The second kappa shape index (κ2) is 4.01. The van der Waals surface area contributed by atoms with Crippen LogP contribution in [0.5, 0.6) is 0 Å². The topological polar surface area (TPSA) is 63.3 Å². The van der Waals surface area contributed by atoms with Gasteiger partial charge in [-0.05, 0) is 32.1 Å². The van der Waals surface area contributed by atoms with E-state index in [9.17, 15) is 9.90 Å². The third kappa shape index (κ3) is 2.29. The van der Waals surface area contributed by atoms with Crippen molar-refractivity contribution in [2.75, 3.05) is 0 Å². The molecule has 0 aromatic carbocycles. The van der Waals surface area contributed by atoms with Gasteiger partial charge in [-0.25, -0.2) is 0 Å². The van der Waals surface area contributed by atoms with Crippen LogP contribution >= 0.6 is 0 Å². The lowest BCUT2D eigenvalue weighted by atomic mass is 9.82. The summed E-state index contributed by atoms with van der Waals surface area (Å²) in [4.78, 5) is 10.9. The first kappa shape index (κ1) is 9.68. The number of hydrogen-bond donors (Lipinski definition) is 2. The molecule has 0 aromatic rings. The zero-order valence-corrected chi connectivity index (χ0v) is 7.49. The average molecular weight is 171 g/mol. The molecule has 0 heterocycles. The summed E-state index contributed by atoms with van der Waals surface area (Å²) in [5.74, 6) is -0.0275. The molecule has 3 nitrogen and oxygen atoms in total. The van der Waals surface area contributed by atoms with Crippen molar-refractivity contribution in [1.82, 2.24) is 0 Å². The summed E-state index contributed by atoms with van der Waals surface area (Å²) in [6, 6.07) is 0.178. The number of ketones is 1. The maximum Gasteiger partial charge on any atom is 0.158 e. The van der Waals surface area contributed by atoms with Crippen LogP contribution in [0.15, 0.2) is 0 Å². The van der Waals surface area contributed by atoms with Crippen LogP contribution in [-0.4, -0.2) is 23.0 Å². The molecule has 3 atom stereocenters. The Bertz CT molecular complexity index is 170. The Kier molecular flexibility index (Phi) is 3.23. The smallest absolute Gasteiger partial charge is 0.158 e. The van der Waals surface area contributed by atoms with E-state index in [4.69, 9.17) is 5.73 Å². The van der Waals surface area contributed by atoms with Crippen molar-refractivity contribution >= 4 is 5.78 Å². The van der Waals surface area contributed by atoms with Gasteiger partial charge in [0.25, 0.3) is 0 Å². The molecular weight excluding hydrogens is 154 g/mol. The monoisotopic (exact) mass is 171 g/mol. The molecule has 70 valence electrons. The van der Waals surface area contributed by atoms with Crippen LogP contribution < -0.4 is 5.73 Å².